The highest BCUT2D eigenvalue weighted by Gasteiger charge is 2.47. The minimum atomic E-state index is 0.552. The van der Waals surface area contributed by atoms with Gasteiger partial charge >= 0.3 is 0 Å². The molecule has 0 amide bonds. The molecule has 0 aliphatic heterocycles. The maximum absolute atomic E-state index is 5.70. The molecule has 0 saturated heterocycles. The van der Waals surface area contributed by atoms with E-state index in [4.69, 9.17) is 4.42 Å². The molecule has 0 bridgehead atoms. The number of hydrogen-bond donors (Lipinski definition) is 1. The van der Waals surface area contributed by atoms with Crippen LogP contribution in [-0.4, -0.2) is 16.7 Å². The molecule has 2 atom stereocenters. The zero-order chi connectivity index (χ0) is 11.0. The van der Waals surface area contributed by atoms with Crippen LogP contribution in [0.5, 0.6) is 0 Å². The first-order chi connectivity index (χ1) is 7.86. The van der Waals surface area contributed by atoms with Crippen molar-refractivity contribution in [2.24, 2.45) is 11.8 Å². The third-order valence-electron chi connectivity index (χ3n) is 3.78. The summed E-state index contributed by atoms with van der Waals surface area (Å²) in [5.41, 5.74) is 0. The average Bonchev–Trinajstić information content (AvgIpc) is 2.76. The highest BCUT2D eigenvalue weighted by atomic mass is 16.4. The molecule has 3 rings (SSSR count). The van der Waals surface area contributed by atoms with E-state index in [1.807, 2.05) is 0 Å². The average molecular weight is 221 g/mol. The number of fused-ring (bicyclic) bond motifs is 1. The van der Waals surface area contributed by atoms with E-state index >= 15 is 0 Å². The normalized spacial score (nSPS) is 31.7. The molecule has 2 unspecified atom stereocenters. The summed E-state index contributed by atoms with van der Waals surface area (Å²) in [6.45, 7) is 3.86. The standard InChI is InChI=1S/C12H19N3O/c1-2-3-13-7-11-14-15-12(16-11)10-5-8-4-9(8)6-10/h8-10,13H,2-7H2,1H3. The van der Waals surface area contributed by atoms with E-state index in [2.05, 4.69) is 22.4 Å². The first kappa shape index (κ1) is 10.3. The molecule has 0 spiro atoms. The molecule has 0 radical (unpaired) electrons. The highest BCUT2D eigenvalue weighted by molar-refractivity contribution is 5.06. The van der Waals surface area contributed by atoms with Gasteiger partial charge in [0.05, 0.1) is 6.54 Å². The van der Waals surface area contributed by atoms with Crippen molar-refractivity contribution in [3.8, 4) is 0 Å². The van der Waals surface area contributed by atoms with Crippen LogP contribution in [0.2, 0.25) is 0 Å². The summed E-state index contributed by atoms with van der Waals surface area (Å²) in [6, 6.07) is 0. The van der Waals surface area contributed by atoms with E-state index < -0.39 is 0 Å². The van der Waals surface area contributed by atoms with Crippen LogP contribution in [-0.2, 0) is 6.54 Å². The smallest absolute Gasteiger partial charge is 0.230 e. The van der Waals surface area contributed by atoms with Crippen LogP contribution in [0.4, 0.5) is 0 Å². The van der Waals surface area contributed by atoms with E-state index in [9.17, 15) is 0 Å². The molecule has 1 aromatic heterocycles. The summed E-state index contributed by atoms with van der Waals surface area (Å²) in [7, 11) is 0. The molecule has 1 aromatic rings. The predicted molar refractivity (Wildman–Crippen MR) is 59.9 cm³/mol. The van der Waals surface area contributed by atoms with Gasteiger partial charge in [-0.15, -0.1) is 10.2 Å². The lowest BCUT2D eigenvalue weighted by Gasteiger charge is -2.04. The van der Waals surface area contributed by atoms with Gasteiger partial charge in [-0.3, -0.25) is 0 Å². The second-order valence-electron chi connectivity index (χ2n) is 5.14. The number of aromatic nitrogens is 2. The summed E-state index contributed by atoms with van der Waals surface area (Å²) in [6.07, 6.45) is 5.12. The van der Waals surface area contributed by atoms with Crippen molar-refractivity contribution < 1.29 is 4.42 Å². The Bertz CT molecular complexity index is 353. The molecule has 16 heavy (non-hydrogen) atoms. The van der Waals surface area contributed by atoms with Crippen LogP contribution < -0.4 is 5.32 Å². The van der Waals surface area contributed by atoms with E-state index in [0.717, 1.165) is 36.6 Å². The minimum absolute atomic E-state index is 0.552. The molecule has 2 aliphatic carbocycles. The second-order valence-corrected chi connectivity index (χ2v) is 5.14. The first-order valence-corrected chi connectivity index (χ1v) is 6.39. The fourth-order valence-corrected chi connectivity index (χ4v) is 2.79. The van der Waals surface area contributed by atoms with Gasteiger partial charge in [0, 0.05) is 5.92 Å². The second kappa shape index (κ2) is 4.17. The molecule has 1 heterocycles. The first-order valence-electron chi connectivity index (χ1n) is 6.39. The van der Waals surface area contributed by atoms with Gasteiger partial charge in [-0.05, 0) is 44.1 Å². The quantitative estimate of drug-likeness (QED) is 0.773. The lowest BCUT2D eigenvalue weighted by Crippen LogP contribution is -2.13. The summed E-state index contributed by atoms with van der Waals surface area (Å²) in [5, 5.41) is 11.5. The number of nitrogens with one attached hydrogen (secondary N) is 1. The van der Waals surface area contributed by atoms with Gasteiger partial charge in [0.25, 0.3) is 0 Å². The largest absolute Gasteiger partial charge is 0.424 e. The zero-order valence-electron chi connectivity index (χ0n) is 9.78. The van der Waals surface area contributed by atoms with Crippen LogP contribution in [0.15, 0.2) is 4.42 Å². The molecule has 1 N–H and O–H groups in total. The number of rotatable bonds is 5. The molecule has 2 fully saturated rings. The van der Waals surface area contributed by atoms with Gasteiger partial charge in [0.2, 0.25) is 11.8 Å². The topological polar surface area (TPSA) is 51.0 Å². The lowest BCUT2D eigenvalue weighted by molar-refractivity contribution is 0.394. The number of hydrogen-bond acceptors (Lipinski definition) is 4. The van der Waals surface area contributed by atoms with Gasteiger partial charge in [0.15, 0.2) is 0 Å². The van der Waals surface area contributed by atoms with Gasteiger partial charge in [-0.2, -0.15) is 0 Å². The van der Waals surface area contributed by atoms with Gasteiger partial charge in [-0.25, -0.2) is 0 Å². The van der Waals surface area contributed by atoms with Crippen LogP contribution >= 0.6 is 0 Å². The third-order valence-corrected chi connectivity index (χ3v) is 3.78. The van der Waals surface area contributed by atoms with E-state index in [1.165, 1.54) is 19.3 Å². The van der Waals surface area contributed by atoms with Crippen molar-refractivity contribution in [3.63, 3.8) is 0 Å². The molecule has 4 nitrogen and oxygen atoms in total. The van der Waals surface area contributed by atoms with Gasteiger partial charge in [-0.1, -0.05) is 6.92 Å². The molecule has 2 saturated carbocycles. The maximum Gasteiger partial charge on any atom is 0.230 e. The van der Waals surface area contributed by atoms with Crippen LogP contribution in [0.1, 0.15) is 50.3 Å². The Labute approximate surface area is 95.8 Å². The Hall–Kier alpha value is -0.900. The highest BCUT2D eigenvalue weighted by Crippen LogP contribution is 2.57. The fraction of sp³-hybridized carbons (Fsp3) is 0.833. The Morgan fingerprint density at radius 1 is 1.25 bits per heavy atom. The number of nitrogens with zero attached hydrogens (tertiary/aromatic N) is 2. The van der Waals surface area contributed by atoms with E-state index in [0.29, 0.717) is 12.5 Å². The van der Waals surface area contributed by atoms with Crippen molar-refractivity contribution in [1.82, 2.24) is 15.5 Å². The van der Waals surface area contributed by atoms with Gasteiger partial charge in [0.1, 0.15) is 0 Å². The molecule has 2 aliphatic rings. The SMILES string of the molecule is CCCNCc1nnc(C2CC3CC3C2)o1. The molecule has 4 heteroatoms. The van der Waals surface area contributed by atoms with Gasteiger partial charge < -0.3 is 9.73 Å². The molecular formula is C12H19N3O. The van der Waals surface area contributed by atoms with Crippen LogP contribution in [0.3, 0.4) is 0 Å². The Morgan fingerprint density at radius 2 is 2.06 bits per heavy atom. The predicted octanol–water partition coefficient (Wildman–Crippen LogP) is 2.08. The Kier molecular flexibility index (Phi) is 2.67. The lowest BCUT2D eigenvalue weighted by atomic mass is 10.0. The molecule has 88 valence electrons. The Morgan fingerprint density at radius 3 is 2.81 bits per heavy atom. The maximum atomic E-state index is 5.70. The summed E-state index contributed by atoms with van der Waals surface area (Å²) >= 11 is 0. The Balaban J connectivity index is 1.55. The molecule has 0 aromatic carbocycles. The zero-order valence-corrected chi connectivity index (χ0v) is 9.78. The summed E-state index contributed by atoms with van der Waals surface area (Å²) in [4.78, 5) is 0. The van der Waals surface area contributed by atoms with Crippen LogP contribution in [0.25, 0.3) is 0 Å². The monoisotopic (exact) mass is 221 g/mol. The van der Waals surface area contributed by atoms with Crippen molar-refractivity contribution in [2.45, 2.75) is 45.1 Å². The van der Waals surface area contributed by atoms with Crippen LogP contribution in [0, 0.1) is 11.8 Å². The summed E-state index contributed by atoms with van der Waals surface area (Å²) < 4.78 is 5.70. The van der Waals surface area contributed by atoms with Crippen molar-refractivity contribution in [3.05, 3.63) is 11.8 Å². The van der Waals surface area contributed by atoms with Crippen molar-refractivity contribution >= 4 is 0 Å². The van der Waals surface area contributed by atoms with E-state index in [1.54, 1.807) is 0 Å². The van der Waals surface area contributed by atoms with Crippen molar-refractivity contribution in [1.29, 1.82) is 0 Å². The fourth-order valence-electron chi connectivity index (χ4n) is 2.79. The summed E-state index contributed by atoms with van der Waals surface area (Å²) in [5.74, 6) is 4.11. The minimum Gasteiger partial charge on any atom is -0.424 e. The van der Waals surface area contributed by atoms with Crippen molar-refractivity contribution in [2.75, 3.05) is 6.54 Å². The third kappa shape index (κ3) is 1.98. The molecular weight excluding hydrogens is 202 g/mol. The van der Waals surface area contributed by atoms with E-state index in [-0.39, 0.29) is 0 Å².